The van der Waals surface area contributed by atoms with Crippen LogP contribution in [0.2, 0.25) is 0 Å². The number of likely N-dealkylation sites (tertiary alicyclic amines) is 1. The van der Waals surface area contributed by atoms with Crippen LogP contribution in [0, 0.1) is 0 Å². The lowest BCUT2D eigenvalue weighted by molar-refractivity contribution is -0.142. The molecule has 2 atom stereocenters. The highest BCUT2D eigenvalue weighted by Gasteiger charge is 2.38. The van der Waals surface area contributed by atoms with Gasteiger partial charge in [-0.05, 0) is 38.3 Å². The Bertz CT molecular complexity index is 935. The van der Waals surface area contributed by atoms with Crippen molar-refractivity contribution >= 4 is 18.0 Å². The molecule has 8 nitrogen and oxygen atoms in total. The van der Waals surface area contributed by atoms with E-state index in [-0.39, 0.29) is 24.4 Å². The molecule has 0 radical (unpaired) electrons. The van der Waals surface area contributed by atoms with Crippen molar-refractivity contribution in [1.82, 2.24) is 15.5 Å². The summed E-state index contributed by atoms with van der Waals surface area (Å²) in [6, 6.07) is 19.0. The number of carbonyl (C=O) groups is 3. The standard InChI is InChI=1S/C26H33N3O5/c1-26(2,3)34-25(33)27-15-23(30)28-20-14-22(24(31)32)29(16-20)17-21(18-10-6-4-7-11-18)19-12-8-5-9-13-19/h4-13,20-22H,14-17H2,1-3H3,(H,27,33)(H,28,30)(H,31,32)/t20-,22-/m0/s1. The van der Waals surface area contributed by atoms with Gasteiger partial charge in [-0.25, -0.2) is 4.79 Å². The summed E-state index contributed by atoms with van der Waals surface area (Å²) in [5.74, 6) is -1.31. The van der Waals surface area contributed by atoms with Gasteiger partial charge in [-0.2, -0.15) is 0 Å². The quantitative estimate of drug-likeness (QED) is 0.551. The van der Waals surface area contributed by atoms with Gasteiger partial charge in [0.15, 0.2) is 0 Å². The first-order chi connectivity index (χ1) is 16.1. The topological polar surface area (TPSA) is 108 Å². The molecule has 3 N–H and O–H groups in total. The van der Waals surface area contributed by atoms with Crippen LogP contribution in [0.3, 0.4) is 0 Å². The number of hydrogen-bond acceptors (Lipinski definition) is 5. The number of hydrogen-bond donors (Lipinski definition) is 3. The number of carboxylic acid groups (broad SMARTS) is 1. The van der Waals surface area contributed by atoms with Crippen LogP contribution >= 0.6 is 0 Å². The third-order valence-corrected chi connectivity index (χ3v) is 5.67. The van der Waals surface area contributed by atoms with Gasteiger partial charge in [-0.3, -0.25) is 14.5 Å². The van der Waals surface area contributed by atoms with Gasteiger partial charge in [0.2, 0.25) is 5.91 Å². The number of amides is 2. The third kappa shape index (κ3) is 7.31. The summed E-state index contributed by atoms with van der Waals surface area (Å²) in [5, 5.41) is 15.1. The van der Waals surface area contributed by atoms with Crippen molar-refractivity contribution in [2.24, 2.45) is 0 Å². The second-order valence-electron chi connectivity index (χ2n) is 9.54. The van der Waals surface area contributed by atoms with E-state index in [1.165, 1.54) is 0 Å². The van der Waals surface area contributed by atoms with Crippen LogP contribution < -0.4 is 10.6 Å². The van der Waals surface area contributed by atoms with E-state index in [0.717, 1.165) is 11.1 Å². The highest BCUT2D eigenvalue weighted by molar-refractivity contribution is 5.82. The molecule has 1 aliphatic heterocycles. The SMILES string of the molecule is CC(C)(C)OC(=O)NCC(=O)N[C@H]1C[C@@H](C(=O)O)N(CC(c2ccccc2)c2ccccc2)C1. The summed E-state index contributed by atoms with van der Waals surface area (Å²) < 4.78 is 5.14. The zero-order valence-electron chi connectivity index (χ0n) is 19.9. The molecule has 8 heteroatoms. The highest BCUT2D eigenvalue weighted by Crippen LogP contribution is 2.29. The van der Waals surface area contributed by atoms with Crippen LogP contribution in [0.25, 0.3) is 0 Å². The van der Waals surface area contributed by atoms with Crippen LogP contribution in [0.1, 0.15) is 44.2 Å². The zero-order valence-corrected chi connectivity index (χ0v) is 19.9. The Hall–Kier alpha value is -3.39. The highest BCUT2D eigenvalue weighted by atomic mass is 16.6. The Labute approximate surface area is 200 Å². The van der Waals surface area contributed by atoms with E-state index in [9.17, 15) is 19.5 Å². The van der Waals surface area contributed by atoms with E-state index < -0.39 is 23.7 Å². The first kappa shape index (κ1) is 25.2. The summed E-state index contributed by atoms with van der Waals surface area (Å²) in [6.45, 7) is 5.90. The monoisotopic (exact) mass is 467 g/mol. The lowest BCUT2D eigenvalue weighted by Crippen LogP contribution is -2.44. The molecule has 0 aliphatic carbocycles. The second kappa shape index (κ2) is 11.2. The van der Waals surface area contributed by atoms with E-state index >= 15 is 0 Å². The van der Waals surface area contributed by atoms with Crippen molar-refractivity contribution in [3.05, 3.63) is 71.8 Å². The van der Waals surface area contributed by atoms with Crippen LogP contribution in [0.15, 0.2) is 60.7 Å². The Morgan fingerprint density at radius 1 is 1.03 bits per heavy atom. The number of carboxylic acids is 1. The van der Waals surface area contributed by atoms with E-state index in [1.54, 1.807) is 20.8 Å². The Morgan fingerprint density at radius 3 is 2.09 bits per heavy atom. The molecule has 0 unspecified atom stereocenters. The number of alkyl carbamates (subject to hydrolysis) is 1. The summed E-state index contributed by atoms with van der Waals surface area (Å²) >= 11 is 0. The van der Waals surface area contributed by atoms with Gasteiger partial charge in [0.25, 0.3) is 0 Å². The van der Waals surface area contributed by atoms with E-state index in [4.69, 9.17) is 4.74 Å². The maximum Gasteiger partial charge on any atom is 0.408 e. The van der Waals surface area contributed by atoms with Gasteiger partial charge in [-0.15, -0.1) is 0 Å². The maximum atomic E-state index is 12.4. The minimum Gasteiger partial charge on any atom is -0.480 e. The summed E-state index contributed by atoms with van der Waals surface area (Å²) in [4.78, 5) is 38.1. The predicted molar refractivity (Wildman–Crippen MR) is 129 cm³/mol. The van der Waals surface area contributed by atoms with Crippen LogP contribution in [0.4, 0.5) is 4.79 Å². The first-order valence-corrected chi connectivity index (χ1v) is 11.5. The smallest absolute Gasteiger partial charge is 0.408 e. The Morgan fingerprint density at radius 2 is 1.59 bits per heavy atom. The van der Waals surface area contributed by atoms with E-state index in [2.05, 4.69) is 10.6 Å². The largest absolute Gasteiger partial charge is 0.480 e. The average molecular weight is 468 g/mol. The van der Waals surface area contributed by atoms with Crippen molar-refractivity contribution in [3.8, 4) is 0 Å². The number of aliphatic carboxylic acids is 1. The predicted octanol–water partition coefficient (Wildman–Crippen LogP) is 2.99. The summed E-state index contributed by atoms with van der Waals surface area (Å²) in [6.07, 6.45) is -0.378. The van der Waals surface area contributed by atoms with Gasteiger partial charge in [-0.1, -0.05) is 60.7 Å². The van der Waals surface area contributed by atoms with Crippen molar-refractivity contribution in [2.45, 2.75) is 50.8 Å². The molecule has 1 fully saturated rings. The number of ether oxygens (including phenoxy) is 1. The minimum absolute atomic E-state index is 0.00691. The number of rotatable bonds is 8. The molecule has 34 heavy (non-hydrogen) atoms. The number of nitrogens with zero attached hydrogens (tertiary/aromatic N) is 1. The molecular formula is C26H33N3O5. The Kier molecular flexibility index (Phi) is 8.28. The van der Waals surface area contributed by atoms with Crippen LogP contribution in [-0.2, 0) is 14.3 Å². The molecule has 2 amide bonds. The van der Waals surface area contributed by atoms with Crippen molar-refractivity contribution in [1.29, 1.82) is 0 Å². The molecular weight excluding hydrogens is 434 g/mol. The average Bonchev–Trinajstić information content (AvgIpc) is 3.18. The normalized spacial score (nSPS) is 18.5. The molecule has 2 aromatic rings. The first-order valence-electron chi connectivity index (χ1n) is 11.5. The number of benzene rings is 2. The van der Waals surface area contributed by atoms with Gasteiger partial charge >= 0.3 is 12.1 Å². The van der Waals surface area contributed by atoms with Crippen LogP contribution in [-0.4, -0.2) is 65.3 Å². The van der Waals surface area contributed by atoms with Crippen LogP contribution in [0.5, 0.6) is 0 Å². The maximum absolute atomic E-state index is 12.4. The molecule has 0 saturated carbocycles. The summed E-state index contributed by atoms with van der Waals surface area (Å²) in [7, 11) is 0. The molecule has 3 rings (SSSR count). The van der Waals surface area contributed by atoms with E-state index in [1.807, 2.05) is 65.6 Å². The molecule has 1 aliphatic rings. The molecule has 0 bridgehead atoms. The fourth-order valence-electron chi connectivity index (χ4n) is 4.22. The zero-order chi connectivity index (χ0) is 24.7. The minimum atomic E-state index is -0.913. The molecule has 0 aromatic heterocycles. The van der Waals surface area contributed by atoms with Gasteiger partial charge in [0.1, 0.15) is 18.2 Å². The summed E-state index contributed by atoms with van der Waals surface area (Å²) in [5.41, 5.74) is 1.55. The molecule has 0 spiro atoms. The third-order valence-electron chi connectivity index (χ3n) is 5.67. The van der Waals surface area contributed by atoms with E-state index in [0.29, 0.717) is 19.5 Å². The molecule has 182 valence electrons. The fourth-order valence-corrected chi connectivity index (χ4v) is 4.22. The Balaban J connectivity index is 1.65. The van der Waals surface area contributed by atoms with Gasteiger partial charge in [0.05, 0.1) is 0 Å². The van der Waals surface area contributed by atoms with Gasteiger partial charge < -0.3 is 20.5 Å². The lowest BCUT2D eigenvalue weighted by atomic mass is 9.90. The van der Waals surface area contributed by atoms with Gasteiger partial charge in [0, 0.05) is 25.0 Å². The fraction of sp³-hybridized carbons (Fsp3) is 0.423. The van der Waals surface area contributed by atoms with Crippen molar-refractivity contribution in [2.75, 3.05) is 19.6 Å². The second-order valence-corrected chi connectivity index (χ2v) is 9.54. The lowest BCUT2D eigenvalue weighted by Gasteiger charge is -2.27. The number of carbonyl (C=O) groups excluding carboxylic acids is 2. The number of nitrogens with one attached hydrogen (secondary N) is 2. The van der Waals surface area contributed by atoms with Crippen molar-refractivity contribution < 1.29 is 24.2 Å². The van der Waals surface area contributed by atoms with Crippen molar-refractivity contribution in [3.63, 3.8) is 0 Å². The molecule has 1 saturated heterocycles. The molecule has 2 aromatic carbocycles. The molecule has 1 heterocycles.